The molecule has 0 aliphatic carbocycles. The lowest BCUT2D eigenvalue weighted by Crippen LogP contribution is -2.09. The average Bonchev–Trinajstić information content (AvgIpc) is 2.81. The fraction of sp³-hybridized carbons (Fsp3) is 0.333. The zero-order valence-corrected chi connectivity index (χ0v) is 13.3. The van der Waals surface area contributed by atoms with Gasteiger partial charge in [0.2, 0.25) is 0 Å². The van der Waals surface area contributed by atoms with E-state index in [0.717, 1.165) is 10.0 Å². The first-order valence-electron chi connectivity index (χ1n) is 5.59. The molecule has 102 valence electrons. The van der Waals surface area contributed by atoms with Gasteiger partial charge >= 0.3 is 0 Å². The molecule has 0 atom stereocenters. The maximum atomic E-state index is 6.22. The van der Waals surface area contributed by atoms with Crippen LogP contribution in [0.2, 0.25) is 5.02 Å². The predicted octanol–water partition coefficient (Wildman–Crippen LogP) is 3.75. The van der Waals surface area contributed by atoms with Gasteiger partial charge < -0.3 is 9.30 Å². The lowest BCUT2D eigenvalue weighted by Gasteiger charge is -2.10. The Hall–Kier alpha value is -0.620. The number of nitrogens with zero attached hydrogens (tertiary/aromatic N) is 3. The highest BCUT2D eigenvalue weighted by molar-refractivity contribution is 9.10. The van der Waals surface area contributed by atoms with Gasteiger partial charge in [0.05, 0.1) is 17.5 Å². The fourth-order valence-corrected chi connectivity index (χ4v) is 2.48. The van der Waals surface area contributed by atoms with Crippen LogP contribution in [0.5, 0.6) is 0 Å². The van der Waals surface area contributed by atoms with Crippen molar-refractivity contribution in [3.63, 3.8) is 0 Å². The number of hydrogen-bond donors (Lipinski definition) is 0. The van der Waals surface area contributed by atoms with Crippen molar-refractivity contribution in [2.45, 2.75) is 12.4 Å². The van der Waals surface area contributed by atoms with Crippen molar-refractivity contribution in [2.24, 2.45) is 0 Å². The van der Waals surface area contributed by atoms with Gasteiger partial charge in [-0.1, -0.05) is 27.5 Å². The summed E-state index contributed by atoms with van der Waals surface area (Å²) in [5, 5.41) is 8.89. The summed E-state index contributed by atoms with van der Waals surface area (Å²) >= 11 is 15.5. The predicted molar refractivity (Wildman–Crippen MR) is 79.6 cm³/mol. The molecule has 0 radical (unpaired) electrons. The largest absolute Gasteiger partial charge is 0.383 e. The molecule has 0 amide bonds. The van der Waals surface area contributed by atoms with Crippen molar-refractivity contribution in [1.82, 2.24) is 14.8 Å². The Balaban J connectivity index is 2.49. The Labute approximate surface area is 129 Å². The second-order valence-corrected chi connectivity index (χ2v) is 5.43. The number of aromatic nitrogens is 3. The van der Waals surface area contributed by atoms with Gasteiger partial charge in [-0.2, -0.15) is 0 Å². The third-order valence-electron chi connectivity index (χ3n) is 2.64. The van der Waals surface area contributed by atoms with Gasteiger partial charge in [0, 0.05) is 23.7 Å². The zero-order chi connectivity index (χ0) is 13.8. The molecule has 0 bridgehead atoms. The fourth-order valence-electron chi connectivity index (χ4n) is 1.72. The van der Waals surface area contributed by atoms with Crippen molar-refractivity contribution in [1.29, 1.82) is 0 Å². The Bertz CT molecular complexity index is 574. The molecule has 1 heterocycles. The highest BCUT2D eigenvalue weighted by Gasteiger charge is 2.15. The zero-order valence-electron chi connectivity index (χ0n) is 10.2. The van der Waals surface area contributed by atoms with Crippen LogP contribution < -0.4 is 0 Å². The molecule has 2 aromatic rings. The van der Waals surface area contributed by atoms with Crippen LogP contribution in [-0.2, 0) is 17.2 Å². The van der Waals surface area contributed by atoms with Crippen molar-refractivity contribution >= 4 is 39.1 Å². The van der Waals surface area contributed by atoms with E-state index in [0.29, 0.717) is 35.7 Å². The van der Waals surface area contributed by atoms with E-state index in [1.54, 1.807) is 7.11 Å². The van der Waals surface area contributed by atoms with E-state index in [4.69, 9.17) is 27.9 Å². The van der Waals surface area contributed by atoms with Crippen molar-refractivity contribution in [3.05, 3.63) is 33.5 Å². The Morgan fingerprint density at radius 2 is 2.16 bits per heavy atom. The molecule has 2 rings (SSSR count). The molecule has 0 unspecified atom stereocenters. The maximum absolute atomic E-state index is 6.22. The van der Waals surface area contributed by atoms with Gasteiger partial charge in [0.1, 0.15) is 5.82 Å². The standard InChI is InChI=1S/C12H12BrCl2N3O/c1-19-5-4-18-11(7-14)16-17-12(18)9-6-8(13)2-3-10(9)15/h2-3,6H,4-5,7H2,1H3. The minimum atomic E-state index is 0.294. The Morgan fingerprint density at radius 3 is 2.84 bits per heavy atom. The average molecular weight is 365 g/mol. The molecule has 0 N–H and O–H groups in total. The number of ether oxygens (including phenoxy) is 1. The molecule has 0 saturated heterocycles. The smallest absolute Gasteiger partial charge is 0.165 e. The minimum absolute atomic E-state index is 0.294. The summed E-state index contributed by atoms with van der Waals surface area (Å²) in [6, 6.07) is 5.61. The maximum Gasteiger partial charge on any atom is 0.165 e. The molecule has 1 aromatic carbocycles. The summed E-state index contributed by atoms with van der Waals surface area (Å²) in [7, 11) is 1.65. The van der Waals surface area contributed by atoms with E-state index < -0.39 is 0 Å². The van der Waals surface area contributed by atoms with Gasteiger partial charge in [0.25, 0.3) is 0 Å². The van der Waals surface area contributed by atoms with E-state index in [2.05, 4.69) is 26.1 Å². The summed E-state index contributed by atoms with van der Waals surface area (Å²) in [6.45, 7) is 1.18. The lowest BCUT2D eigenvalue weighted by atomic mass is 10.2. The van der Waals surface area contributed by atoms with Gasteiger partial charge in [-0.15, -0.1) is 21.8 Å². The van der Waals surface area contributed by atoms with E-state index in [9.17, 15) is 0 Å². The number of alkyl halides is 1. The molecule has 1 aromatic heterocycles. The number of methoxy groups -OCH3 is 1. The summed E-state index contributed by atoms with van der Waals surface area (Å²) in [5.74, 6) is 1.69. The number of hydrogen-bond acceptors (Lipinski definition) is 3. The highest BCUT2D eigenvalue weighted by atomic mass is 79.9. The number of rotatable bonds is 5. The molecule has 0 spiro atoms. The molecule has 4 nitrogen and oxygen atoms in total. The Kier molecular flexibility index (Phi) is 5.21. The van der Waals surface area contributed by atoms with Crippen LogP contribution in [0.4, 0.5) is 0 Å². The molecule has 19 heavy (non-hydrogen) atoms. The topological polar surface area (TPSA) is 39.9 Å². The second kappa shape index (κ2) is 6.70. The third kappa shape index (κ3) is 3.28. The summed E-state index contributed by atoms with van der Waals surface area (Å²) < 4.78 is 7.95. The Morgan fingerprint density at radius 1 is 1.37 bits per heavy atom. The molecular weight excluding hydrogens is 353 g/mol. The molecule has 0 fully saturated rings. The van der Waals surface area contributed by atoms with Crippen molar-refractivity contribution in [3.8, 4) is 11.4 Å². The second-order valence-electron chi connectivity index (χ2n) is 3.84. The van der Waals surface area contributed by atoms with E-state index in [1.807, 2.05) is 22.8 Å². The normalized spacial score (nSPS) is 10.9. The molecule has 7 heteroatoms. The van der Waals surface area contributed by atoms with Gasteiger partial charge in [-0.05, 0) is 18.2 Å². The van der Waals surface area contributed by atoms with Gasteiger partial charge in [-0.25, -0.2) is 0 Å². The number of benzene rings is 1. The van der Waals surface area contributed by atoms with Crippen LogP contribution in [-0.4, -0.2) is 28.5 Å². The SMILES string of the molecule is COCCn1c(CCl)nnc1-c1cc(Br)ccc1Cl. The highest BCUT2D eigenvalue weighted by Crippen LogP contribution is 2.30. The number of halogens is 3. The van der Waals surface area contributed by atoms with Crippen LogP contribution in [0.15, 0.2) is 22.7 Å². The van der Waals surface area contributed by atoms with Crippen LogP contribution in [0, 0.1) is 0 Å². The van der Waals surface area contributed by atoms with E-state index >= 15 is 0 Å². The van der Waals surface area contributed by atoms with Gasteiger partial charge in [0.15, 0.2) is 5.82 Å². The lowest BCUT2D eigenvalue weighted by molar-refractivity contribution is 0.187. The molecule has 0 aliphatic rings. The summed E-state index contributed by atoms with van der Waals surface area (Å²) in [4.78, 5) is 0. The van der Waals surface area contributed by atoms with Crippen LogP contribution in [0.3, 0.4) is 0 Å². The minimum Gasteiger partial charge on any atom is -0.383 e. The first-order valence-corrected chi connectivity index (χ1v) is 7.30. The van der Waals surface area contributed by atoms with Crippen LogP contribution in [0.25, 0.3) is 11.4 Å². The van der Waals surface area contributed by atoms with E-state index in [1.165, 1.54) is 0 Å². The molecular formula is C12H12BrCl2N3O. The first kappa shape index (κ1) is 14.8. The van der Waals surface area contributed by atoms with Crippen molar-refractivity contribution in [2.75, 3.05) is 13.7 Å². The third-order valence-corrected chi connectivity index (χ3v) is 3.70. The molecule has 0 saturated carbocycles. The first-order chi connectivity index (χ1) is 9.17. The quantitative estimate of drug-likeness (QED) is 0.758. The summed E-state index contributed by atoms with van der Waals surface area (Å²) in [5.41, 5.74) is 0.816. The summed E-state index contributed by atoms with van der Waals surface area (Å²) in [6.07, 6.45) is 0. The van der Waals surface area contributed by atoms with Gasteiger partial charge in [-0.3, -0.25) is 0 Å². The monoisotopic (exact) mass is 363 g/mol. The van der Waals surface area contributed by atoms with Crippen LogP contribution in [0.1, 0.15) is 5.82 Å². The van der Waals surface area contributed by atoms with Crippen molar-refractivity contribution < 1.29 is 4.74 Å². The molecule has 0 aliphatic heterocycles. The van der Waals surface area contributed by atoms with E-state index in [-0.39, 0.29) is 0 Å². The van der Waals surface area contributed by atoms with Crippen LogP contribution >= 0.6 is 39.1 Å².